The van der Waals surface area contributed by atoms with Crippen LogP contribution < -0.4 is 10.2 Å². The van der Waals surface area contributed by atoms with Gasteiger partial charge in [0.1, 0.15) is 6.04 Å². The van der Waals surface area contributed by atoms with Crippen molar-refractivity contribution in [3.8, 4) is 0 Å². The first kappa shape index (κ1) is 25.4. The fourth-order valence-electron chi connectivity index (χ4n) is 5.00. The summed E-state index contributed by atoms with van der Waals surface area (Å²) >= 11 is 0. The number of hydrogen-bond donors (Lipinski definition) is 1. The molecule has 0 fully saturated rings. The summed E-state index contributed by atoms with van der Waals surface area (Å²) in [5.74, 6) is -0.162. The average Bonchev–Trinajstić information content (AvgIpc) is 3.18. The van der Waals surface area contributed by atoms with E-state index < -0.39 is 6.04 Å². The molecule has 0 bridgehead atoms. The van der Waals surface area contributed by atoms with Gasteiger partial charge in [-0.1, -0.05) is 68.4 Å². The van der Waals surface area contributed by atoms with E-state index >= 15 is 0 Å². The van der Waals surface area contributed by atoms with Crippen LogP contribution in [0.5, 0.6) is 0 Å². The Hall–Kier alpha value is -3.67. The summed E-state index contributed by atoms with van der Waals surface area (Å²) in [6.07, 6.45) is 2.90. The summed E-state index contributed by atoms with van der Waals surface area (Å²) in [4.78, 5) is 42.9. The van der Waals surface area contributed by atoms with Crippen LogP contribution in [0.1, 0.15) is 55.5 Å². The van der Waals surface area contributed by atoms with Crippen molar-refractivity contribution in [1.29, 1.82) is 0 Å². The molecule has 1 N–H and O–H groups in total. The maximum Gasteiger partial charge on any atom is 0.258 e. The van der Waals surface area contributed by atoms with Crippen LogP contribution in [0.15, 0.2) is 66.7 Å². The second kappa shape index (κ2) is 11.8. The first-order valence-electron chi connectivity index (χ1n) is 13.0. The van der Waals surface area contributed by atoms with E-state index in [0.717, 1.165) is 34.0 Å². The topological polar surface area (TPSA) is 69.7 Å². The molecule has 6 nitrogen and oxygen atoms in total. The van der Waals surface area contributed by atoms with Gasteiger partial charge in [0.25, 0.3) is 5.91 Å². The van der Waals surface area contributed by atoms with Crippen molar-refractivity contribution in [2.45, 2.75) is 52.0 Å². The van der Waals surface area contributed by atoms with Crippen LogP contribution in [-0.2, 0) is 16.0 Å². The van der Waals surface area contributed by atoms with Gasteiger partial charge in [0.05, 0.1) is 5.69 Å². The molecule has 0 saturated carbocycles. The number of hydrogen-bond acceptors (Lipinski definition) is 3. The van der Waals surface area contributed by atoms with E-state index in [1.54, 1.807) is 9.80 Å². The minimum atomic E-state index is -0.501. The SMILES string of the molecule is CCCNC(=O)[C@H](CC)N(CCc1ccccc1)C(=O)CCCN1C(=O)c2cccc3cccc1c23. The Morgan fingerprint density at radius 3 is 2.44 bits per heavy atom. The summed E-state index contributed by atoms with van der Waals surface area (Å²) in [6, 6.07) is 21.3. The number of amides is 3. The van der Waals surface area contributed by atoms with Gasteiger partial charge in [0.2, 0.25) is 11.8 Å². The molecule has 0 saturated heterocycles. The Balaban J connectivity index is 1.44. The van der Waals surface area contributed by atoms with Crippen molar-refractivity contribution in [2.75, 3.05) is 24.5 Å². The van der Waals surface area contributed by atoms with Crippen molar-refractivity contribution in [1.82, 2.24) is 10.2 Å². The predicted molar refractivity (Wildman–Crippen MR) is 144 cm³/mol. The Kier molecular flexibility index (Phi) is 8.36. The smallest absolute Gasteiger partial charge is 0.258 e. The molecule has 0 spiro atoms. The lowest BCUT2D eigenvalue weighted by Gasteiger charge is -2.31. The highest BCUT2D eigenvalue weighted by molar-refractivity contribution is 6.25. The van der Waals surface area contributed by atoms with E-state index in [0.29, 0.717) is 38.9 Å². The molecule has 0 unspecified atom stereocenters. The van der Waals surface area contributed by atoms with Crippen LogP contribution in [0.25, 0.3) is 10.8 Å². The summed E-state index contributed by atoms with van der Waals surface area (Å²) < 4.78 is 0. The number of benzene rings is 3. The fraction of sp³-hybridized carbons (Fsp3) is 0.367. The molecule has 0 aromatic heterocycles. The van der Waals surface area contributed by atoms with Crippen LogP contribution in [0.2, 0.25) is 0 Å². The van der Waals surface area contributed by atoms with Gasteiger partial charge in [-0.25, -0.2) is 0 Å². The lowest BCUT2D eigenvalue weighted by Crippen LogP contribution is -2.50. The van der Waals surface area contributed by atoms with Gasteiger partial charge in [-0.15, -0.1) is 0 Å². The highest BCUT2D eigenvalue weighted by Gasteiger charge is 2.31. The maximum atomic E-state index is 13.4. The van der Waals surface area contributed by atoms with Gasteiger partial charge >= 0.3 is 0 Å². The predicted octanol–water partition coefficient (Wildman–Crippen LogP) is 4.96. The zero-order valence-corrected chi connectivity index (χ0v) is 21.2. The first-order valence-corrected chi connectivity index (χ1v) is 13.0. The minimum absolute atomic E-state index is 0.0134. The fourth-order valence-corrected chi connectivity index (χ4v) is 5.00. The third kappa shape index (κ3) is 5.43. The maximum absolute atomic E-state index is 13.4. The van der Waals surface area contributed by atoms with Gasteiger partial charge in [-0.05, 0) is 48.8 Å². The van der Waals surface area contributed by atoms with E-state index in [4.69, 9.17) is 0 Å². The second-order valence-electron chi connectivity index (χ2n) is 9.28. The third-order valence-electron chi connectivity index (χ3n) is 6.84. The van der Waals surface area contributed by atoms with E-state index in [2.05, 4.69) is 5.32 Å². The number of nitrogens with one attached hydrogen (secondary N) is 1. The molecule has 0 aliphatic carbocycles. The molecular formula is C30H35N3O3. The van der Waals surface area contributed by atoms with Crippen LogP contribution in [0, 0.1) is 0 Å². The van der Waals surface area contributed by atoms with Crippen molar-refractivity contribution in [2.24, 2.45) is 0 Å². The Bertz CT molecular complexity index is 1220. The standard InChI is InChI=1S/C30H35N3O3/c1-3-19-31-29(35)25(4-2)32(21-18-22-11-6-5-7-12-22)27(34)17-10-20-33-26-16-9-14-23-13-8-15-24(28(23)26)30(33)36/h5-9,11-16,25H,3-4,10,17-21H2,1-2H3,(H,31,35)/t25-/m0/s1. The Labute approximate surface area is 213 Å². The monoisotopic (exact) mass is 485 g/mol. The molecule has 36 heavy (non-hydrogen) atoms. The molecule has 6 heteroatoms. The molecule has 3 aromatic carbocycles. The molecule has 3 aromatic rings. The molecule has 1 aliphatic heterocycles. The van der Waals surface area contributed by atoms with Crippen LogP contribution in [-0.4, -0.2) is 48.3 Å². The number of rotatable bonds is 12. The molecule has 0 radical (unpaired) electrons. The van der Waals surface area contributed by atoms with Crippen molar-refractivity contribution >= 4 is 34.2 Å². The van der Waals surface area contributed by atoms with Crippen molar-refractivity contribution in [3.63, 3.8) is 0 Å². The van der Waals surface area contributed by atoms with E-state index in [1.165, 1.54) is 0 Å². The zero-order chi connectivity index (χ0) is 25.5. The lowest BCUT2D eigenvalue weighted by molar-refractivity contribution is -0.140. The second-order valence-corrected chi connectivity index (χ2v) is 9.28. The number of nitrogens with zero attached hydrogens (tertiary/aromatic N) is 2. The van der Waals surface area contributed by atoms with Gasteiger partial charge in [-0.3, -0.25) is 14.4 Å². The summed E-state index contributed by atoms with van der Waals surface area (Å²) in [5, 5.41) is 4.99. The lowest BCUT2D eigenvalue weighted by atomic mass is 10.1. The van der Waals surface area contributed by atoms with Gasteiger partial charge in [0, 0.05) is 37.0 Å². The van der Waals surface area contributed by atoms with Gasteiger partial charge in [-0.2, -0.15) is 0 Å². The zero-order valence-electron chi connectivity index (χ0n) is 21.2. The van der Waals surface area contributed by atoms with Crippen molar-refractivity contribution < 1.29 is 14.4 Å². The minimum Gasteiger partial charge on any atom is -0.354 e. The molecule has 3 amide bonds. The highest BCUT2D eigenvalue weighted by atomic mass is 16.2. The number of carbonyl (C=O) groups excluding carboxylic acids is 3. The molecular weight excluding hydrogens is 450 g/mol. The first-order chi connectivity index (χ1) is 17.5. The van der Waals surface area contributed by atoms with Crippen LogP contribution in [0.3, 0.4) is 0 Å². The molecule has 1 heterocycles. The molecule has 4 rings (SSSR count). The van der Waals surface area contributed by atoms with Gasteiger partial charge < -0.3 is 15.1 Å². The number of carbonyl (C=O) groups is 3. The normalized spacial score (nSPS) is 13.2. The van der Waals surface area contributed by atoms with E-state index in [-0.39, 0.29) is 24.1 Å². The third-order valence-corrected chi connectivity index (χ3v) is 6.84. The highest BCUT2D eigenvalue weighted by Crippen LogP contribution is 2.37. The average molecular weight is 486 g/mol. The summed E-state index contributed by atoms with van der Waals surface area (Å²) in [7, 11) is 0. The number of anilines is 1. The molecule has 1 aliphatic rings. The van der Waals surface area contributed by atoms with Crippen LogP contribution in [0.4, 0.5) is 5.69 Å². The Morgan fingerprint density at radius 2 is 1.72 bits per heavy atom. The molecule has 188 valence electrons. The summed E-state index contributed by atoms with van der Waals surface area (Å²) in [6.45, 7) is 5.50. The van der Waals surface area contributed by atoms with E-state index in [9.17, 15) is 14.4 Å². The van der Waals surface area contributed by atoms with Gasteiger partial charge in [0.15, 0.2) is 0 Å². The van der Waals surface area contributed by atoms with Crippen molar-refractivity contribution in [3.05, 3.63) is 77.9 Å². The molecule has 1 atom stereocenters. The quantitative estimate of drug-likeness (QED) is 0.394. The van der Waals surface area contributed by atoms with Crippen LogP contribution >= 0.6 is 0 Å². The van der Waals surface area contributed by atoms with E-state index in [1.807, 2.05) is 80.6 Å². The Morgan fingerprint density at radius 1 is 0.972 bits per heavy atom. The largest absolute Gasteiger partial charge is 0.354 e. The summed E-state index contributed by atoms with van der Waals surface area (Å²) in [5.41, 5.74) is 2.76.